The molecule has 0 aliphatic rings. The molecule has 1 amide bonds. The van der Waals surface area contributed by atoms with Crippen molar-refractivity contribution in [3.05, 3.63) is 90.0 Å². The molecule has 1 unspecified atom stereocenters. The Kier molecular flexibility index (Phi) is 6.97. The molecule has 0 saturated carbocycles. The lowest BCUT2D eigenvalue weighted by molar-refractivity contribution is 0.0926. The minimum atomic E-state index is -3.80. The van der Waals surface area contributed by atoms with Gasteiger partial charge in [0.05, 0.1) is 16.6 Å². The Bertz CT molecular complexity index is 1130. The first-order chi connectivity index (χ1) is 14.8. The second kappa shape index (κ2) is 9.66. The van der Waals surface area contributed by atoms with Crippen LogP contribution in [0.2, 0.25) is 0 Å². The highest BCUT2D eigenvalue weighted by Gasteiger charge is 2.22. The van der Waals surface area contributed by atoms with Crippen LogP contribution in [0.15, 0.2) is 83.8 Å². The van der Waals surface area contributed by atoms with Gasteiger partial charge < -0.3 is 10.1 Å². The molecule has 0 spiro atoms. The molecule has 162 valence electrons. The van der Waals surface area contributed by atoms with Gasteiger partial charge in [0.2, 0.25) is 0 Å². The van der Waals surface area contributed by atoms with E-state index < -0.39 is 10.0 Å². The molecule has 1 atom stereocenters. The average molecular weight is 439 g/mol. The highest BCUT2D eigenvalue weighted by molar-refractivity contribution is 7.92. The number of para-hydroxylation sites is 1. The van der Waals surface area contributed by atoms with Crippen LogP contribution < -0.4 is 14.4 Å². The third-order valence-corrected chi connectivity index (χ3v) is 6.55. The van der Waals surface area contributed by atoms with E-state index in [1.807, 2.05) is 44.2 Å². The highest BCUT2D eigenvalue weighted by atomic mass is 32.2. The minimum absolute atomic E-state index is 0.0510. The molecule has 3 aromatic carbocycles. The first kappa shape index (κ1) is 22.4. The third-order valence-electron chi connectivity index (χ3n) is 4.77. The topological polar surface area (TPSA) is 75.7 Å². The van der Waals surface area contributed by atoms with Gasteiger partial charge in [-0.1, -0.05) is 42.0 Å². The summed E-state index contributed by atoms with van der Waals surface area (Å²) >= 11 is 0. The maximum Gasteiger partial charge on any atom is 0.264 e. The summed E-state index contributed by atoms with van der Waals surface area (Å²) < 4.78 is 32.9. The van der Waals surface area contributed by atoms with Crippen molar-refractivity contribution in [3.8, 4) is 5.75 Å². The van der Waals surface area contributed by atoms with Crippen LogP contribution in [-0.4, -0.2) is 34.0 Å². The smallest absolute Gasteiger partial charge is 0.264 e. The zero-order valence-electron chi connectivity index (χ0n) is 17.8. The summed E-state index contributed by atoms with van der Waals surface area (Å²) in [5.74, 6) is 0.364. The molecule has 31 heavy (non-hydrogen) atoms. The van der Waals surface area contributed by atoms with Gasteiger partial charge in [-0.2, -0.15) is 0 Å². The van der Waals surface area contributed by atoms with E-state index in [2.05, 4.69) is 5.32 Å². The van der Waals surface area contributed by atoms with E-state index in [-0.39, 0.29) is 22.4 Å². The first-order valence-electron chi connectivity index (χ1n) is 9.92. The highest BCUT2D eigenvalue weighted by Crippen LogP contribution is 2.22. The van der Waals surface area contributed by atoms with Crippen molar-refractivity contribution in [2.45, 2.75) is 24.8 Å². The summed E-state index contributed by atoms with van der Waals surface area (Å²) in [6.07, 6.45) is 0. The molecule has 3 rings (SSSR count). The van der Waals surface area contributed by atoms with Gasteiger partial charge in [-0.05, 0) is 56.3 Å². The molecule has 0 fully saturated rings. The van der Waals surface area contributed by atoms with Gasteiger partial charge in [-0.25, -0.2) is 8.42 Å². The average Bonchev–Trinajstić information content (AvgIpc) is 2.78. The second-order valence-electron chi connectivity index (χ2n) is 7.33. The minimum Gasteiger partial charge on any atom is -0.491 e. The van der Waals surface area contributed by atoms with Crippen LogP contribution in [-0.2, 0) is 10.0 Å². The van der Waals surface area contributed by atoms with Gasteiger partial charge in [0, 0.05) is 12.6 Å². The number of ether oxygens (including phenoxy) is 1. The number of hydrogen-bond donors (Lipinski definition) is 1. The van der Waals surface area contributed by atoms with Crippen molar-refractivity contribution in [2.24, 2.45) is 0 Å². The summed E-state index contributed by atoms with van der Waals surface area (Å²) in [5.41, 5.74) is 1.95. The van der Waals surface area contributed by atoms with Crippen molar-refractivity contribution in [2.75, 3.05) is 18.0 Å². The number of sulfonamides is 1. The summed E-state index contributed by atoms with van der Waals surface area (Å²) in [6.45, 7) is 4.12. The lowest BCUT2D eigenvalue weighted by Crippen LogP contribution is -2.37. The van der Waals surface area contributed by atoms with E-state index >= 15 is 0 Å². The Balaban J connectivity index is 1.67. The van der Waals surface area contributed by atoms with Crippen LogP contribution >= 0.6 is 0 Å². The largest absolute Gasteiger partial charge is 0.491 e. The SMILES string of the molecule is Cc1ccc(OCC(C)NC(=O)c2cccc(S(=O)(=O)N(C)c3ccccc3)c2)cc1. The van der Waals surface area contributed by atoms with E-state index in [0.717, 1.165) is 11.3 Å². The summed E-state index contributed by atoms with van der Waals surface area (Å²) in [5, 5.41) is 2.85. The van der Waals surface area contributed by atoms with Gasteiger partial charge in [-0.15, -0.1) is 0 Å². The number of amides is 1. The van der Waals surface area contributed by atoms with Gasteiger partial charge >= 0.3 is 0 Å². The fourth-order valence-electron chi connectivity index (χ4n) is 2.94. The number of carbonyl (C=O) groups excluding carboxylic acids is 1. The van der Waals surface area contributed by atoms with Gasteiger partial charge in [0.15, 0.2) is 0 Å². The number of benzene rings is 3. The van der Waals surface area contributed by atoms with Crippen molar-refractivity contribution in [1.82, 2.24) is 5.32 Å². The Morgan fingerprint density at radius 1 is 1.00 bits per heavy atom. The standard InChI is InChI=1S/C24H26N2O4S/c1-18-12-14-22(15-13-18)30-17-19(2)25-24(27)20-8-7-11-23(16-20)31(28,29)26(3)21-9-5-4-6-10-21/h4-16,19H,17H2,1-3H3,(H,25,27). The Labute approximate surface area is 183 Å². The van der Waals surface area contributed by atoms with E-state index in [1.54, 1.807) is 36.4 Å². The van der Waals surface area contributed by atoms with Gasteiger partial charge in [-0.3, -0.25) is 9.10 Å². The number of nitrogens with zero attached hydrogens (tertiary/aromatic N) is 1. The summed E-state index contributed by atoms with van der Waals surface area (Å²) in [4.78, 5) is 12.7. The molecule has 6 nitrogen and oxygen atoms in total. The van der Waals surface area contributed by atoms with E-state index in [4.69, 9.17) is 4.74 Å². The number of anilines is 1. The van der Waals surface area contributed by atoms with Crippen molar-refractivity contribution in [3.63, 3.8) is 0 Å². The lowest BCUT2D eigenvalue weighted by atomic mass is 10.2. The molecule has 1 N–H and O–H groups in total. The van der Waals surface area contributed by atoms with Crippen LogP contribution in [0.5, 0.6) is 5.75 Å². The zero-order valence-corrected chi connectivity index (χ0v) is 18.6. The van der Waals surface area contributed by atoms with Crippen molar-refractivity contribution >= 4 is 21.6 Å². The number of aryl methyl sites for hydroxylation is 1. The summed E-state index contributed by atoms with van der Waals surface area (Å²) in [6, 6.07) is 22.2. The fourth-order valence-corrected chi connectivity index (χ4v) is 4.18. The van der Waals surface area contributed by atoms with Crippen LogP contribution in [0, 0.1) is 6.92 Å². The zero-order chi connectivity index (χ0) is 22.4. The van der Waals surface area contributed by atoms with Crippen molar-refractivity contribution in [1.29, 1.82) is 0 Å². The Hall–Kier alpha value is -3.32. The van der Waals surface area contributed by atoms with Crippen molar-refractivity contribution < 1.29 is 17.9 Å². The quantitative estimate of drug-likeness (QED) is 0.576. The first-order valence-corrected chi connectivity index (χ1v) is 11.4. The van der Waals surface area contributed by atoms with E-state index in [0.29, 0.717) is 12.3 Å². The molecule has 0 aliphatic heterocycles. The number of nitrogens with one attached hydrogen (secondary N) is 1. The molecule has 0 radical (unpaired) electrons. The molecule has 7 heteroatoms. The fraction of sp³-hybridized carbons (Fsp3) is 0.208. The number of hydrogen-bond acceptors (Lipinski definition) is 4. The third kappa shape index (κ3) is 5.64. The molecular formula is C24H26N2O4S. The molecule has 0 heterocycles. The molecule has 0 aliphatic carbocycles. The van der Waals surface area contributed by atoms with E-state index in [1.165, 1.54) is 23.5 Å². The Morgan fingerprint density at radius 3 is 2.35 bits per heavy atom. The predicted molar refractivity (Wildman–Crippen MR) is 122 cm³/mol. The van der Waals surface area contributed by atoms with Crippen LogP contribution in [0.3, 0.4) is 0 Å². The molecular weight excluding hydrogens is 412 g/mol. The number of rotatable bonds is 8. The predicted octanol–water partition coefficient (Wildman–Crippen LogP) is 4.02. The van der Waals surface area contributed by atoms with Gasteiger partial charge in [0.1, 0.15) is 12.4 Å². The molecule has 0 bridgehead atoms. The van der Waals surface area contributed by atoms with Crippen LogP contribution in [0.25, 0.3) is 0 Å². The molecule has 3 aromatic rings. The van der Waals surface area contributed by atoms with E-state index in [9.17, 15) is 13.2 Å². The van der Waals surface area contributed by atoms with Gasteiger partial charge in [0.25, 0.3) is 15.9 Å². The maximum atomic E-state index is 13.0. The second-order valence-corrected chi connectivity index (χ2v) is 9.30. The normalized spacial score (nSPS) is 12.1. The lowest BCUT2D eigenvalue weighted by Gasteiger charge is -2.20. The maximum absolute atomic E-state index is 13.0. The van der Waals surface area contributed by atoms with Crippen LogP contribution in [0.1, 0.15) is 22.8 Å². The monoisotopic (exact) mass is 438 g/mol. The molecule has 0 saturated heterocycles. The summed E-state index contributed by atoms with van der Waals surface area (Å²) in [7, 11) is -2.31. The molecule has 0 aromatic heterocycles. The van der Waals surface area contributed by atoms with Crippen LogP contribution in [0.4, 0.5) is 5.69 Å². The Morgan fingerprint density at radius 2 is 1.68 bits per heavy atom. The number of carbonyl (C=O) groups is 1.